The minimum atomic E-state index is -1.16. The van der Waals surface area contributed by atoms with Crippen LogP contribution in [0.4, 0.5) is 9.59 Å². The average Bonchev–Trinajstić information content (AvgIpc) is 2.77. The number of nitrogens with one attached hydrogen (secondary N) is 2. The van der Waals surface area contributed by atoms with Gasteiger partial charge >= 0.3 is 12.1 Å². The van der Waals surface area contributed by atoms with Crippen molar-refractivity contribution in [3.05, 3.63) is 48.2 Å². The van der Waals surface area contributed by atoms with Crippen molar-refractivity contribution in [2.45, 2.75) is 38.3 Å². The van der Waals surface area contributed by atoms with Gasteiger partial charge < -0.3 is 20.3 Å². The van der Waals surface area contributed by atoms with E-state index in [2.05, 4.69) is 25.6 Å². The predicted octanol–water partition coefficient (Wildman–Crippen LogP) is 1.84. The highest BCUT2D eigenvalue weighted by Crippen LogP contribution is 2.37. The van der Waals surface area contributed by atoms with Gasteiger partial charge in [-0.25, -0.2) is 24.5 Å². The smallest absolute Gasteiger partial charge is 0.391 e. The number of piperazine rings is 1. The highest BCUT2D eigenvalue weighted by molar-refractivity contribution is 5.78. The lowest BCUT2D eigenvalue weighted by Crippen LogP contribution is -2.71. The first-order chi connectivity index (χ1) is 15.3. The third-order valence-corrected chi connectivity index (χ3v) is 5.72. The highest BCUT2D eigenvalue weighted by Gasteiger charge is 2.54. The molecule has 32 heavy (non-hydrogen) atoms. The van der Waals surface area contributed by atoms with Gasteiger partial charge in [-0.05, 0) is 12.1 Å². The average molecular weight is 440 g/mol. The first-order valence-corrected chi connectivity index (χ1v) is 10.8. The lowest BCUT2D eigenvalue weighted by molar-refractivity contribution is -0.0266. The molecule has 10 heteroatoms. The van der Waals surface area contributed by atoms with Crippen LogP contribution in [0.3, 0.4) is 0 Å². The van der Waals surface area contributed by atoms with E-state index in [1.54, 1.807) is 29.4 Å². The predicted molar refractivity (Wildman–Crippen MR) is 117 cm³/mol. The van der Waals surface area contributed by atoms with Gasteiger partial charge in [-0.1, -0.05) is 26.8 Å². The van der Waals surface area contributed by atoms with E-state index in [1.165, 1.54) is 4.90 Å². The highest BCUT2D eigenvalue weighted by atomic mass is 16.6. The summed E-state index contributed by atoms with van der Waals surface area (Å²) < 4.78 is 5.60. The van der Waals surface area contributed by atoms with Gasteiger partial charge in [0.2, 0.25) is 5.88 Å². The molecule has 0 aromatic carbocycles. The fourth-order valence-electron chi connectivity index (χ4n) is 3.78. The molecule has 2 aliphatic rings. The number of carbonyl (C=O) groups is 2. The van der Waals surface area contributed by atoms with Crippen LogP contribution in [0.2, 0.25) is 0 Å². The molecule has 2 aromatic rings. The Balaban J connectivity index is 1.56. The maximum absolute atomic E-state index is 13.1. The van der Waals surface area contributed by atoms with E-state index in [-0.39, 0.29) is 17.3 Å². The van der Waals surface area contributed by atoms with Gasteiger partial charge in [-0.3, -0.25) is 4.90 Å². The summed E-state index contributed by atoms with van der Waals surface area (Å²) in [6.07, 6.45) is 3.07. The number of amides is 3. The molecule has 2 aliphatic heterocycles. The molecule has 2 N–H and O–H groups in total. The van der Waals surface area contributed by atoms with Crippen molar-refractivity contribution in [2.75, 3.05) is 32.7 Å². The van der Waals surface area contributed by atoms with E-state index in [9.17, 15) is 9.59 Å². The Bertz CT molecular complexity index is 973. The van der Waals surface area contributed by atoms with Gasteiger partial charge in [0.15, 0.2) is 11.5 Å². The standard InChI is InChI=1S/C22H29N7O3/c1-21(2,3)16-6-4-7-17(26-16)32-20(31)29-13-8-22(29,18-24-9-5-10-25-18)27-19(30)28-14-11-23-12-15-28/h4-7,9-10,23H,8,11-15H2,1-3H3,(H,27,30). The molecule has 1 unspecified atom stereocenters. The minimum Gasteiger partial charge on any atom is -0.391 e. The van der Waals surface area contributed by atoms with E-state index < -0.39 is 11.8 Å². The Kier molecular flexibility index (Phi) is 5.96. The van der Waals surface area contributed by atoms with Crippen molar-refractivity contribution in [1.29, 1.82) is 0 Å². The van der Waals surface area contributed by atoms with Gasteiger partial charge in [0.05, 0.1) is 0 Å². The van der Waals surface area contributed by atoms with Crippen LogP contribution in [0.15, 0.2) is 36.7 Å². The fraction of sp³-hybridized carbons (Fsp3) is 0.500. The zero-order valence-corrected chi connectivity index (χ0v) is 18.7. The van der Waals surface area contributed by atoms with Crippen LogP contribution in [0.25, 0.3) is 0 Å². The minimum absolute atomic E-state index is 0.182. The molecule has 2 saturated heterocycles. The topological polar surface area (TPSA) is 113 Å². The summed E-state index contributed by atoms with van der Waals surface area (Å²) in [6, 6.07) is 6.79. The summed E-state index contributed by atoms with van der Waals surface area (Å²) in [5, 5.41) is 6.23. The lowest BCUT2D eigenvalue weighted by Gasteiger charge is -2.50. The largest absolute Gasteiger partial charge is 0.418 e. The van der Waals surface area contributed by atoms with E-state index >= 15 is 0 Å². The van der Waals surface area contributed by atoms with Crippen LogP contribution in [0, 0.1) is 0 Å². The molecule has 4 rings (SSSR count). The van der Waals surface area contributed by atoms with E-state index in [1.807, 2.05) is 32.9 Å². The monoisotopic (exact) mass is 439 g/mol. The molecule has 170 valence electrons. The second-order valence-corrected chi connectivity index (χ2v) is 8.98. The second-order valence-electron chi connectivity index (χ2n) is 8.98. The maximum Gasteiger partial charge on any atom is 0.418 e. The molecule has 0 saturated carbocycles. The summed E-state index contributed by atoms with van der Waals surface area (Å²) in [5.74, 6) is 0.564. The molecule has 0 radical (unpaired) electrons. The van der Waals surface area contributed by atoms with Crippen LogP contribution < -0.4 is 15.4 Å². The zero-order chi connectivity index (χ0) is 22.8. The number of ether oxygens (including phenoxy) is 1. The summed E-state index contributed by atoms with van der Waals surface area (Å²) in [6.45, 7) is 9.15. The second kappa shape index (κ2) is 8.70. The zero-order valence-electron chi connectivity index (χ0n) is 18.7. The summed E-state index contributed by atoms with van der Waals surface area (Å²) in [4.78, 5) is 42.5. The molecule has 0 aliphatic carbocycles. The number of likely N-dealkylation sites (tertiary alicyclic amines) is 1. The van der Waals surface area contributed by atoms with Gasteiger partial charge in [0.1, 0.15) is 0 Å². The number of carbonyl (C=O) groups excluding carboxylic acids is 2. The number of aromatic nitrogens is 3. The molecule has 10 nitrogen and oxygen atoms in total. The molecule has 0 bridgehead atoms. The number of rotatable bonds is 3. The Labute approximate surface area is 187 Å². The Morgan fingerprint density at radius 2 is 1.81 bits per heavy atom. The number of hydrogen-bond acceptors (Lipinski definition) is 7. The molecule has 2 aromatic heterocycles. The molecular weight excluding hydrogens is 410 g/mol. The Morgan fingerprint density at radius 1 is 1.09 bits per heavy atom. The van der Waals surface area contributed by atoms with E-state index in [0.29, 0.717) is 31.9 Å². The molecule has 0 spiro atoms. The van der Waals surface area contributed by atoms with Crippen molar-refractivity contribution in [3.63, 3.8) is 0 Å². The quantitative estimate of drug-likeness (QED) is 0.750. The molecule has 1 atom stereocenters. The van der Waals surface area contributed by atoms with Crippen molar-refractivity contribution < 1.29 is 14.3 Å². The third kappa shape index (κ3) is 4.36. The van der Waals surface area contributed by atoms with Crippen LogP contribution in [0.1, 0.15) is 38.7 Å². The number of nitrogens with zero attached hydrogens (tertiary/aromatic N) is 5. The van der Waals surface area contributed by atoms with Gasteiger partial charge in [0, 0.05) is 68.7 Å². The summed E-state index contributed by atoms with van der Waals surface area (Å²) >= 11 is 0. The van der Waals surface area contributed by atoms with Crippen LogP contribution in [0.5, 0.6) is 5.88 Å². The van der Waals surface area contributed by atoms with Crippen molar-refractivity contribution in [2.24, 2.45) is 0 Å². The van der Waals surface area contributed by atoms with Crippen molar-refractivity contribution in [1.82, 2.24) is 35.4 Å². The first-order valence-electron chi connectivity index (χ1n) is 10.8. The van der Waals surface area contributed by atoms with Crippen LogP contribution in [-0.2, 0) is 11.1 Å². The van der Waals surface area contributed by atoms with Crippen LogP contribution in [-0.4, -0.2) is 69.6 Å². The van der Waals surface area contributed by atoms with Crippen LogP contribution >= 0.6 is 0 Å². The van der Waals surface area contributed by atoms with Gasteiger partial charge in [-0.2, -0.15) is 0 Å². The SMILES string of the molecule is CC(C)(C)c1cccc(OC(=O)N2CCC2(NC(=O)N2CCNCC2)c2ncccn2)n1. The lowest BCUT2D eigenvalue weighted by atomic mass is 9.92. The molecule has 3 amide bonds. The van der Waals surface area contributed by atoms with Crippen molar-refractivity contribution in [3.8, 4) is 5.88 Å². The third-order valence-electron chi connectivity index (χ3n) is 5.72. The Hall–Kier alpha value is -3.27. The normalized spacial score (nSPS) is 21.0. The fourth-order valence-corrected chi connectivity index (χ4v) is 3.78. The summed E-state index contributed by atoms with van der Waals surface area (Å²) in [7, 11) is 0. The molecule has 2 fully saturated rings. The maximum atomic E-state index is 13.1. The number of pyridine rings is 1. The van der Waals surface area contributed by atoms with E-state index in [4.69, 9.17) is 4.74 Å². The summed E-state index contributed by atoms with van der Waals surface area (Å²) in [5.41, 5.74) is -0.531. The van der Waals surface area contributed by atoms with Gasteiger partial charge in [0.25, 0.3) is 0 Å². The van der Waals surface area contributed by atoms with Gasteiger partial charge in [-0.15, -0.1) is 0 Å². The first kappa shape index (κ1) is 21.9. The molecule has 4 heterocycles. The molecular formula is C22H29N7O3. The number of urea groups is 1. The number of hydrogen-bond donors (Lipinski definition) is 2. The Morgan fingerprint density at radius 3 is 2.44 bits per heavy atom. The van der Waals surface area contributed by atoms with Crippen molar-refractivity contribution >= 4 is 12.1 Å². The van der Waals surface area contributed by atoms with E-state index in [0.717, 1.165) is 18.8 Å².